The molecule has 11 heavy (non-hydrogen) atoms. The maximum atomic E-state index is 2.20. The molecular weight excluding hydrogens is 139 g/mol. The third-order valence-electron chi connectivity index (χ3n) is 1.66. The van der Waals surface area contributed by atoms with E-state index in [0.29, 0.717) is 0 Å². The van der Waals surface area contributed by atoms with Crippen molar-refractivity contribution in [3.05, 3.63) is 29.3 Å². The van der Waals surface area contributed by atoms with E-state index in [9.17, 15) is 0 Å². The molecule has 0 radical (unpaired) electrons. The summed E-state index contributed by atoms with van der Waals surface area (Å²) in [6, 6.07) is 6.50. The van der Waals surface area contributed by atoms with Gasteiger partial charge in [-0.05, 0) is 25.0 Å². The maximum Gasteiger partial charge on any atom is 0.139 e. The Balaban J connectivity index is 0. The van der Waals surface area contributed by atoms with E-state index in [2.05, 4.69) is 39.9 Å². The SMILES string of the molecule is Bc1ccc(C)c(C)c1.O.O. The summed E-state index contributed by atoms with van der Waals surface area (Å²) in [6.45, 7) is 4.27. The molecule has 0 bridgehead atoms. The van der Waals surface area contributed by atoms with E-state index in [1.54, 1.807) is 0 Å². The minimum absolute atomic E-state index is 0. The van der Waals surface area contributed by atoms with Gasteiger partial charge in [0.15, 0.2) is 0 Å². The molecule has 4 N–H and O–H groups in total. The Labute approximate surface area is 68.3 Å². The molecule has 0 aromatic heterocycles. The van der Waals surface area contributed by atoms with Crippen LogP contribution in [0.1, 0.15) is 11.1 Å². The predicted molar refractivity (Wildman–Crippen MR) is 51.3 cm³/mol. The van der Waals surface area contributed by atoms with Crippen molar-refractivity contribution in [2.45, 2.75) is 13.8 Å². The largest absolute Gasteiger partial charge is 0.412 e. The molecule has 0 unspecified atom stereocenters. The first-order valence-electron chi connectivity index (χ1n) is 3.24. The normalized spacial score (nSPS) is 7.82. The summed E-state index contributed by atoms with van der Waals surface area (Å²) in [4.78, 5) is 0. The van der Waals surface area contributed by atoms with Crippen molar-refractivity contribution in [3.8, 4) is 0 Å². The number of hydrogen-bond donors (Lipinski definition) is 0. The van der Waals surface area contributed by atoms with E-state index in [4.69, 9.17) is 0 Å². The highest BCUT2D eigenvalue weighted by molar-refractivity contribution is 6.32. The molecule has 0 saturated carbocycles. The van der Waals surface area contributed by atoms with Crippen LogP contribution in [0.2, 0.25) is 0 Å². The lowest BCUT2D eigenvalue weighted by atomic mass is 9.93. The zero-order valence-corrected chi connectivity index (χ0v) is 7.23. The molecule has 1 aromatic rings. The molecule has 0 atom stereocenters. The molecule has 0 spiro atoms. The van der Waals surface area contributed by atoms with Gasteiger partial charge in [0.25, 0.3) is 0 Å². The van der Waals surface area contributed by atoms with Crippen LogP contribution in [-0.4, -0.2) is 18.8 Å². The van der Waals surface area contributed by atoms with Gasteiger partial charge in [-0.3, -0.25) is 0 Å². The van der Waals surface area contributed by atoms with E-state index >= 15 is 0 Å². The number of benzene rings is 1. The van der Waals surface area contributed by atoms with Crippen LogP contribution in [0.4, 0.5) is 0 Å². The Morgan fingerprint density at radius 2 is 1.55 bits per heavy atom. The fraction of sp³-hybridized carbons (Fsp3) is 0.250. The number of rotatable bonds is 0. The fourth-order valence-electron chi connectivity index (χ4n) is 0.891. The Morgan fingerprint density at radius 3 is 1.91 bits per heavy atom. The average Bonchev–Trinajstić information content (AvgIpc) is 1.80. The Morgan fingerprint density at radius 1 is 1.00 bits per heavy atom. The van der Waals surface area contributed by atoms with Crippen LogP contribution in [0.5, 0.6) is 0 Å². The molecule has 0 fully saturated rings. The van der Waals surface area contributed by atoms with Crippen molar-refractivity contribution in [3.63, 3.8) is 0 Å². The van der Waals surface area contributed by atoms with Crippen molar-refractivity contribution in [2.75, 3.05) is 0 Å². The molecular formula is C8H15BO2. The Hall–Kier alpha value is -0.795. The summed E-state index contributed by atoms with van der Waals surface area (Å²) in [5, 5.41) is 0. The highest BCUT2D eigenvalue weighted by Crippen LogP contribution is 2.01. The average molecular weight is 154 g/mol. The van der Waals surface area contributed by atoms with Gasteiger partial charge in [-0.2, -0.15) is 0 Å². The van der Waals surface area contributed by atoms with Crippen LogP contribution >= 0.6 is 0 Å². The second-order valence-corrected chi connectivity index (χ2v) is 2.59. The lowest BCUT2D eigenvalue weighted by Gasteiger charge is -1.98. The quantitative estimate of drug-likeness (QED) is 0.426. The second kappa shape index (κ2) is 4.94. The Bertz CT molecular complexity index is 223. The zero-order chi connectivity index (χ0) is 6.85. The van der Waals surface area contributed by atoms with E-state index in [1.165, 1.54) is 16.6 Å². The minimum Gasteiger partial charge on any atom is -0.412 e. The topological polar surface area (TPSA) is 63.0 Å². The molecule has 0 heterocycles. The first-order chi connectivity index (χ1) is 4.20. The van der Waals surface area contributed by atoms with Crippen molar-refractivity contribution < 1.29 is 11.0 Å². The standard InChI is InChI=1S/C8H11B.2H2O/c1-6-3-4-8(9)5-7(6)2;;/h3-5H,9H2,1-2H3;2*1H2. The monoisotopic (exact) mass is 154 g/mol. The van der Waals surface area contributed by atoms with Crippen LogP contribution < -0.4 is 5.46 Å². The van der Waals surface area contributed by atoms with Gasteiger partial charge in [0.1, 0.15) is 7.85 Å². The molecule has 2 nitrogen and oxygen atoms in total. The fourth-order valence-corrected chi connectivity index (χ4v) is 0.891. The molecule has 0 aliphatic rings. The van der Waals surface area contributed by atoms with Crippen LogP contribution in [-0.2, 0) is 0 Å². The van der Waals surface area contributed by atoms with Crippen LogP contribution in [0.3, 0.4) is 0 Å². The second-order valence-electron chi connectivity index (χ2n) is 2.59. The summed E-state index contributed by atoms with van der Waals surface area (Å²) in [6.07, 6.45) is 0. The molecule has 0 saturated heterocycles. The van der Waals surface area contributed by atoms with Gasteiger partial charge < -0.3 is 11.0 Å². The van der Waals surface area contributed by atoms with Gasteiger partial charge in [0.2, 0.25) is 0 Å². The first-order valence-corrected chi connectivity index (χ1v) is 3.24. The lowest BCUT2D eigenvalue weighted by Crippen LogP contribution is -2.01. The molecule has 1 aromatic carbocycles. The maximum absolute atomic E-state index is 2.20. The minimum atomic E-state index is 0. The third-order valence-corrected chi connectivity index (χ3v) is 1.66. The Kier molecular flexibility index (Phi) is 5.76. The molecule has 62 valence electrons. The zero-order valence-electron chi connectivity index (χ0n) is 7.23. The van der Waals surface area contributed by atoms with Gasteiger partial charge in [-0.25, -0.2) is 0 Å². The lowest BCUT2D eigenvalue weighted by molar-refractivity contribution is 0.823. The van der Waals surface area contributed by atoms with Gasteiger partial charge in [-0.15, -0.1) is 0 Å². The summed E-state index contributed by atoms with van der Waals surface area (Å²) in [5.74, 6) is 0. The summed E-state index contributed by atoms with van der Waals surface area (Å²) >= 11 is 0. The van der Waals surface area contributed by atoms with Crippen molar-refractivity contribution >= 4 is 13.3 Å². The highest BCUT2D eigenvalue weighted by Gasteiger charge is 1.89. The van der Waals surface area contributed by atoms with Crippen molar-refractivity contribution in [1.82, 2.24) is 0 Å². The van der Waals surface area contributed by atoms with Gasteiger partial charge in [0, 0.05) is 0 Å². The number of aryl methyl sites for hydroxylation is 2. The summed E-state index contributed by atoms with van der Waals surface area (Å²) in [5.41, 5.74) is 4.11. The first kappa shape index (κ1) is 12.8. The van der Waals surface area contributed by atoms with E-state index in [-0.39, 0.29) is 11.0 Å². The summed E-state index contributed by atoms with van der Waals surface area (Å²) < 4.78 is 0. The number of hydrogen-bond acceptors (Lipinski definition) is 0. The van der Waals surface area contributed by atoms with Gasteiger partial charge in [0.05, 0.1) is 0 Å². The van der Waals surface area contributed by atoms with Crippen LogP contribution in [0.15, 0.2) is 18.2 Å². The smallest absolute Gasteiger partial charge is 0.139 e. The molecule has 0 amide bonds. The van der Waals surface area contributed by atoms with Crippen molar-refractivity contribution in [1.29, 1.82) is 0 Å². The van der Waals surface area contributed by atoms with Gasteiger partial charge >= 0.3 is 0 Å². The molecule has 3 heteroatoms. The highest BCUT2D eigenvalue weighted by atomic mass is 16.0. The van der Waals surface area contributed by atoms with Crippen molar-refractivity contribution in [2.24, 2.45) is 0 Å². The summed E-state index contributed by atoms with van der Waals surface area (Å²) in [7, 11) is 2.12. The van der Waals surface area contributed by atoms with Crippen LogP contribution in [0.25, 0.3) is 0 Å². The van der Waals surface area contributed by atoms with E-state index < -0.39 is 0 Å². The third kappa shape index (κ3) is 3.21. The van der Waals surface area contributed by atoms with E-state index in [0.717, 1.165) is 0 Å². The van der Waals surface area contributed by atoms with E-state index in [1.807, 2.05) is 0 Å². The van der Waals surface area contributed by atoms with Gasteiger partial charge in [-0.1, -0.05) is 23.7 Å². The predicted octanol–water partition coefficient (Wildman–Crippen LogP) is -1.09. The van der Waals surface area contributed by atoms with Crippen LogP contribution in [0, 0.1) is 13.8 Å². The molecule has 0 aliphatic carbocycles. The molecule has 1 rings (SSSR count). The molecule has 0 aliphatic heterocycles.